The molecule has 0 atom stereocenters. The lowest BCUT2D eigenvalue weighted by molar-refractivity contribution is 1.11. The van der Waals surface area contributed by atoms with Crippen LogP contribution in [0.25, 0.3) is 26.6 Å². The monoisotopic (exact) mass is 252 g/mol. The maximum absolute atomic E-state index is 4.27. The quantitative estimate of drug-likeness (QED) is 0.523. The summed E-state index contributed by atoms with van der Waals surface area (Å²) in [6, 6.07) is 12.2. The largest absolute Gasteiger partial charge is 0.265 e. The smallest absolute Gasteiger partial charge is 0.217 e. The number of benzene rings is 1. The van der Waals surface area contributed by atoms with Gasteiger partial charge in [-0.3, -0.25) is 9.38 Å². The molecule has 0 aliphatic rings. The lowest BCUT2D eigenvalue weighted by atomic mass is 10.2. The van der Waals surface area contributed by atoms with E-state index in [-0.39, 0.29) is 0 Å². The maximum atomic E-state index is 4.27. The van der Waals surface area contributed by atoms with Crippen molar-refractivity contribution in [2.45, 2.75) is 0 Å². The molecule has 0 amide bonds. The van der Waals surface area contributed by atoms with Crippen molar-refractivity contribution in [2.24, 2.45) is 0 Å². The summed E-state index contributed by atoms with van der Waals surface area (Å²) >= 11 is 1.65. The molecule has 0 aliphatic heterocycles. The first-order valence-corrected chi connectivity index (χ1v) is 6.38. The number of fused-ring (bicyclic) bond motifs is 3. The highest BCUT2D eigenvalue weighted by molar-refractivity contribution is 7.23. The summed E-state index contributed by atoms with van der Waals surface area (Å²) in [5.74, 6) is 0.866. The zero-order valence-electron chi connectivity index (χ0n) is 9.32. The van der Waals surface area contributed by atoms with Gasteiger partial charge in [0.1, 0.15) is 0 Å². The third kappa shape index (κ3) is 1.28. The van der Waals surface area contributed by atoms with Crippen LogP contribution >= 0.6 is 11.3 Å². The van der Waals surface area contributed by atoms with Crippen LogP contribution in [0.1, 0.15) is 0 Å². The van der Waals surface area contributed by atoms with E-state index in [4.69, 9.17) is 0 Å². The molecule has 0 unspecified atom stereocenters. The second kappa shape index (κ2) is 3.61. The molecular weight excluding hydrogens is 244 g/mol. The van der Waals surface area contributed by atoms with E-state index in [0.717, 1.165) is 21.9 Å². The second-order valence-electron chi connectivity index (χ2n) is 3.95. The van der Waals surface area contributed by atoms with Crippen LogP contribution in [0.3, 0.4) is 0 Å². The zero-order chi connectivity index (χ0) is 11.9. The normalized spacial score (nSPS) is 11.3. The summed E-state index contributed by atoms with van der Waals surface area (Å²) in [6.07, 6.45) is 3.54. The molecule has 4 rings (SSSR count). The molecule has 5 heteroatoms. The summed E-state index contributed by atoms with van der Waals surface area (Å²) in [4.78, 5) is 4.95. The van der Waals surface area contributed by atoms with Crippen LogP contribution in [-0.2, 0) is 0 Å². The van der Waals surface area contributed by atoms with Crippen LogP contribution in [0.4, 0.5) is 0 Å². The van der Waals surface area contributed by atoms with Gasteiger partial charge >= 0.3 is 0 Å². The van der Waals surface area contributed by atoms with E-state index in [1.54, 1.807) is 23.7 Å². The van der Waals surface area contributed by atoms with Gasteiger partial charge in [-0.15, -0.1) is 10.2 Å². The zero-order valence-corrected chi connectivity index (χ0v) is 10.1. The Balaban J connectivity index is 2.13. The van der Waals surface area contributed by atoms with E-state index in [2.05, 4.69) is 31.7 Å². The van der Waals surface area contributed by atoms with Crippen LogP contribution in [0, 0.1) is 0 Å². The molecule has 0 saturated heterocycles. The lowest BCUT2D eigenvalue weighted by Crippen LogP contribution is -1.87. The molecule has 4 aromatic rings. The van der Waals surface area contributed by atoms with E-state index in [1.165, 1.54) is 4.70 Å². The fourth-order valence-corrected chi connectivity index (χ4v) is 3.03. The average Bonchev–Trinajstić information content (AvgIpc) is 2.98. The fourth-order valence-electron chi connectivity index (χ4n) is 2.07. The molecule has 0 saturated carbocycles. The van der Waals surface area contributed by atoms with Crippen molar-refractivity contribution in [2.75, 3.05) is 0 Å². The van der Waals surface area contributed by atoms with Crippen molar-refractivity contribution in [1.29, 1.82) is 0 Å². The van der Waals surface area contributed by atoms with Crippen LogP contribution < -0.4 is 0 Å². The molecule has 0 aliphatic carbocycles. The highest BCUT2D eigenvalue weighted by Gasteiger charge is 2.12. The van der Waals surface area contributed by atoms with Gasteiger partial charge in [-0.05, 0) is 24.3 Å². The standard InChI is InChI=1S/C13H8N4S/c1-2-4-11-10(3-1)17-12(15-16-13(17)18-11)9-5-7-14-8-6-9/h1-8H. The number of para-hydroxylation sites is 1. The van der Waals surface area contributed by atoms with Crippen LogP contribution in [0.2, 0.25) is 0 Å². The van der Waals surface area contributed by atoms with Crippen molar-refractivity contribution < 1.29 is 0 Å². The molecule has 0 radical (unpaired) electrons. The number of hydrogen-bond donors (Lipinski definition) is 0. The topological polar surface area (TPSA) is 43.1 Å². The summed E-state index contributed by atoms with van der Waals surface area (Å²) < 4.78 is 3.31. The summed E-state index contributed by atoms with van der Waals surface area (Å²) in [5, 5.41) is 8.51. The Morgan fingerprint density at radius 2 is 1.78 bits per heavy atom. The van der Waals surface area contributed by atoms with Gasteiger partial charge in [0.2, 0.25) is 4.96 Å². The van der Waals surface area contributed by atoms with Crippen LogP contribution in [-0.4, -0.2) is 19.6 Å². The number of thiazole rings is 1. The van der Waals surface area contributed by atoms with E-state index in [0.29, 0.717) is 0 Å². The minimum atomic E-state index is 0.866. The highest BCUT2D eigenvalue weighted by Crippen LogP contribution is 2.29. The van der Waals surface area contributed by atoms with E-state index in [1.807, 2.05) is 24.3 Å². The number of nitrogens with zero attached hydrogens (tertiary/aromatic N) is 4. The molecule has 4 nitrogen and oxygen atoms in total. The van der Waals surface area contributed by atoms with Crippen LogP contribution in [0.5, 0.6) is 0 Å². The third-order valence-electron chi connectivity index (χ3n) is 2.88. The molecular formula is C13H8N4S. The number of hydrogen-bond acceptors (Lipinski definition) is 4. The first-order valence-electron chi connectivity index (χ1n) is 5.56. The Morgan fingerprint density at radius 1 is 0.944 bits per heavy atom. The third-order valence-corrected chi connectivity index (χ3v) is 3.89. The minimum absolute atomic E-state index is 0.866. The second-order valence-corrected chi connectivity index (χ2v) is 4.96. The predicted molar refractivity (Wildman–Crippen MR) is 71.6 cm³/mol. The van der Waals surface area contributed by atoms with Gasteiger partial charge < -0.3 is 0 Å². The minimum Gasteiger partial charge on any atom is -0.265 e. The number of pyridine rings is 1. The molecule has 0 N–H and O–H groups in total. The Morgan fingerprint density at radius 3 is 2.67 bits per heavy atom. The molecule has 86 valence electrons. The van der Waals surface area contributed by atoms with Gasteiger partial charge in [0.15, 0.2) is 5.82 Å². The summed E-state index contributed by atoms with van der Waals surface area (Å²) in [6.45, 7) is 0. The van der Waals surface area contributed by atoms with Gasteiger partial charge in [-0.1, -0.05) is 23.5 Å². The van der Waals surface area contributed by atoms with Gasteiger partial charge in [-0.2, -0.15) is 0 Å². The fraction of sp³-hybridized carbons (Fsp3) is 0. The first-order chi connectivity index (χ1) is 8.93. The molecule has 3 aromatic heterocycles. The SMILES string of the molecule is c1ccc2c(c1)sc1nnc(-c3ccncc3)n12. The van der Waals surface area contributed by atoms with Crippen LogP contribution in [0.15, 0.2) is 48.8 Å². The van der Waals surface area contributed by atoms with E-state index >= 15 is 0 Å². The molecule has 0 bridgehead atoms. The molecule has 1 aromatic carbocycles. The predicted octanol–water partition coefficient (Wildman–Crippen LogP) is 3.01. The van der Waals surface area contributed by atoms with E-state index < -0.39 is 0 Å². The van der Waals surface area contributed by atoms with Crippen molar-refractivity contribution >= 4 is 26.5 Å². The summed E-state index contributed by atoms with van der Waals surface area (Å²) in [5.41, 5.74) is 2.18. The molecule has 0 spiro atoms. The Bertz CT molecular complexity index is 832. The van der Waals surface area contributed by atoms with Crippen molar-refractivity contribution in [3.63, 3.8) is 0 Å². The number of rotatable bonds is 1. The first kappa shape index (κ1) is 9.73. The molecule has 18 heavy (non-hydrogen) atoms. The van der Waals surface area contributed by atoms with Gasteiger partial charge in [0.25, 0.3) is 0 Å². The molecule has 0 fully saturated rings. The lowest BCUT2D eigenvalue weighted by Gasteiger charge is -1.97. The highest BCUT2D eigenvalue weighted by atomic mass is 32.1. The maximum Gasteiger partial charge on any atom is 0.217 e. The van der Waals surface area contributed by atoms with E-state index in [9.17, 15) is 0 Å². The number of aromatic nitrogens is 4. The Kier molecular flexibility index (Phi) is 1.95. The van der Waals surface area contributed by atoms with Crippen molar-refractivity contribution in [3.05, 3.63) is 48.8 Å². The van der Waals surface area contributed by atoms with Gasteiger partial charge in [-0.25, -0.2) is 0 Å². The van der Waals surface area contributed by atoms with Crippen molar-refractivity contribution in [3.8, 4) is 11.4 Å². The Labute approximate surface area is 107 Å². The summed E-state index contributed by atoms with van der Waals surface area (Å²) in [7, 11) is 0. The Hall–Kier alpha value is -2.27. The molecule has 3 heterocycles. The van der Waals surface area contributed by atoms with Gasteiger partial charge in [0.05, 0.1) is 10.2 Å². The van der Waals surface area contributed by atoms with Gasteiger partial charge in [0, 0.05) is 18.0 Å². The van der Waals surface area contributed by atoms with Crippen molar-refractivity contribution in [1.82, 2.24) is 19.6 Å². The average molecular weight is 252 g/mol.